The van der Waals surface area contributed by atoms with Gasteiger partial charge in [0.15, 0.2) is 0 Å². The van der Waals surface area contributed by atoms with Gasteiger partial charge in [0, 0.05) is 13.0 Å². The molecule has 2 aliphatic rings. The maximum atomic E-state index is 4.60. The van der Waals surface area contributed by atoms with Crippen LogP contribution in [-0.4, -0.2) is 23.8 Å². The molecule has 2 nitrogen and oxygen atoms in total. The van der Waals surface area contributed by atoms with Gasteiger partial charge in [-0.25, -0.2) is 0 Å². The fourth-order valence-electron chi connectivity index (χ4n) is 2.44. The lowest BCUT2D eigenvalue weighted by molar-refractivity contribution is 0.375. The smallest absolute Gasteiger partial charge is 0.0996 e. The number of rotatable bonds is 1. The van der Waals surface area contributed by atoms with Gasteiger partial charge in [0.05, 0.1) is 18.4 Å². The Morgan fingerprint density at radius 1 is 1.21 bits per heavy atom. The predicted octanol–water partition coefficient (Wildman–Crippen LogP) is 2.24. The summed E-state index contributed by atoms with van der Waals surface area (Å²) in [6.45, 7) is 2.15. The zero-order valence-corrected chi connectivity index (χ0v) is 8.19. The van der Waals surface area contributed by atoms with Crippen LogP contribution < -0.4 is 0 Å². The minimum atomic E-state index is 0.522. The van der Waals surface area contributed by atoms with Crippen molar-refractivity contribution in [3.05, 3.63) is 35.9 Å². The van der Waals surface area contributed by atoms with Gasteiger partial charge < -0.3 is 4.90 Å². The third-order valence-corrected chi connectivity index (χ3v) is 3.14. The van der Waals surface area contributed by atoms with E-state index in [-0.39, 0.29) is 0 Å². The van der Waals surface area contributed by atoms with Crippen LogP contribution in [0, 0.1) is 0 Å². The van der Waals surface area contributed by atoms with Crippen molar-refractivity contribution in [3.63, 3.8) is 0 Å². The van der Waals surface area contributed by atoms with Gasteiger partial charge in [0.2, 0.25) is 0 Å². The van der Waals surface area contributed by atoms with Crippen molar-refractivity contribution in [1.82, 2.24) is 4.90 Å². The second-order valence-corrected chi connectivity index (χ2v) is 3.98. The third-order valence-electron chi connectivity index (χ3n) is 3.14. The van der Waals surface area contributed by atoms with E-state index in [4.69, 9.17) is 0 Å². The lowest BCUT2D eigenvalue weighted by atomic mass is 10.1. The largest absolute Gasteiger partial charge is 0.351 e. The first-order valence-corrected chi connectivity index (χ1v) is 5.30. The zero-order valence-electron chi connectivity index (χ0n) is 8.19. The van der Waals surface area contributed by atoms with Crippen molar-refractivity contribution in [3.8, 4) is 0 Å². The Kier molecular flexibility index (Phi) is 1.79. The highest BCUT2D eigenvalue weighted by Gasteiger charge is 2.31. The van der Waals surface area contributed by atoms with Crippen molar-refractivity contribution in [2.45, 2.75) is 18.9 Å². The van der Waals surface area contributed by atoms with E-state index in [0.717, 1.165) is 6.54 Å². The number of hydrogen-bond donors (Lipinski definition) is 0. The topological polar surface area (TPSA) is 15.6 Å². The van der Waals surface area contributed by atoms with Gasteiger partial charge in [0.1, 0.15) is 0 Å². The minimum absolute atomic E-state index is 0.522. The molecule has 0 saturated carbocycles. The molecule has 1 aromatic carbocycles. The van der Waals surface area contributed by atoms with Crippen LogP contribution in [0.25, 0.3) is 0 Å². The quantitative estimate of drug-likeness (QED) is 0.656. The molecule has 0 amide bonds. The summed E-state index contributed by atoms with van der Waals surface area (Å²) in [5.74, 6) is 1.33. The number of benzene rings is 1. The second-order valence-electron chi connectivity index (χ2n) is 3.98. The summed E-state index contributed by atoms with van der Waals surface area (Å²) in [5, 5.41) is 0. The molecule has 72 valence electrons. The molecular weight excluding hydrogens is 172 g/mol. The van der Waals surface area contributed by atoms with Gasteiger partial charge in [-0.3, -0.25) is 4.99 Å². The molecule has 3 rings (SSSR count). The lowest BCUT2D eigenvalue weighted by Crippen LogP contribution is -2.25. The molecule has 2 aliphatic heterocycles. The average Bonchev–Trinajstić information content (AvgIpc) is 2.79. The standard InChI is InChI=1S/C12H14N2/c1-2-5-10(6-3-1)11-9-13-12-7-4-8-14(11)12/h1-3,5-6,11H,4,7-9H2. The number of aliphatic imine (C=N–C) groups is 1. The fraction of sp³-hybridized carbons (Fsp3) is 0.417. The molecule has 14 heavy (non-hydrogen) atoms. The van der Waals surface area contributed by atoms with E-state index in [0.29, 0.717) is 6.04 Å². The summed E-state index contributed by atoms with van der Waals surface area (Å²) in [7, 11) is 0. The normalized spacial score (nSPS) is 25.0. The van der Waals surface area contributed by atoms with Gasteiger partial charge >= 0.3 is 0 Å². The predicted molar refractivity (Wildman–Crippen MR) is 57.4 cm³/mol. The van der Waals surface area contributed by atoms with Gasteiger partial charge in [-0.05, 0) is 12.0 Å². The van der Waals surface area contributed by atoms with Crippen LogP contribution in [0.4, 0.5) is 0 Å². The van der Waals surface area contributed by atoms with E-state index in [9.17, 15) is 0 Å². The molecule has 0 bridgehead atoms. The maximum Gasteiger partial charge on any atom is 0.0996 e. The monoisotopic (exact) mass is 186 g/mol. The number of amidine groups is 1. The van der Waals surface area contributed by atoms with Crippen molar-refractivity contribution in [1.29, 1.82) is 0 Å². The summed E-state index contributed by atoms with van der Waals surface area (Å²) >= 11 is 0. The van der Waals surface area contributed by atoms with Crippen LogP contribution in [0.5, 0.6) is 0 Å². The Morgan fingerprint density at radius 2 is 2.07 bits per heavy atom. The van der Waals surface area contributed by atoms with E-state index in [1.807, 2.05) is 0 Å². The van der Waals surface area contributed by atoms with Crippen molar-refractivity contribution in [2.75, 3.05) is 13.1 Å². The van der Waals surface area contributed by atoms with E-state index in [1.165, 1.54) is 30.8 Å². The van der Waals surface area contributed by atoms with E-state index in [1.54, 1.807) is 0 Å². The molecule has 1 fully saturated rings. The molecule has 0 N–H and O–H groups in total. The van der Waals surface area contributed by atoms with Crippen LogP contribution in [0.2, 0.25) is 0 Å². The van der Waals surface area contributed by atoms with Crippen LogP contribution in [-0.2, 0) is 0 Å². The van der Waals surface area contributed by atoms with Crippen molar-refractivity contribution < 1.29 is 0 Å². The van der Waals surface area contributed by atoms with Crippen molar-refractivity contribution in [2.24, 2.45) is 4.99 Å². The second kappa shape index (κ2) is 3.12. The summed E-state index contributed by atoms with van der Waals surface area (Å²) in [6, 6.07) is 11.2. The summed E-state index contributed by atoms with van der Waals surface area (Å²) in [5.41, 5.74) is 1.41. The highest BCUT2D eigenvalue weighted by Crippen LogP contribution is 2.31. The molecule has 1 atom stereocenters. The Morgan fingerprint density at radius 3 is 2.93 bits per heavy atom. The molecule has 0 radical (unpaired) electrons. The first-order chi connectivity index (χ1) is 6.95. The molecular formula is C12H14N2. The van der Waals surface area contributed by atoms with Crippen molar-refractivity contribution >= 4 is 5.84 Å². The summed E-state index contributed by atoms with van der Waals surface area (Å²) in [6.07, 6.45) is 2.46. The Balaban J connectivity index is 1.89. The first-order valence-electron chi connectivity index (χ1n) is 5.30. The summed E-state index contributed by atoms with van der Waals surface area (Å²) in [4.78, 5) is 7.07. The van der Waals surface area contributed by atoms with Crippen LogP contribution in [0.15, 0.2) is 35.3 Å². The maximum absolute atomic E-state index is 4.60. The van der Waals surface area contributed by atoms with E-state index in [2.05, 4.69) is 40.2 Å². The Bertz CT molecular complexity index is 356. The molecule has 1 unspecified atom stereocenters. The SMILES string of the molecule is c1ccc(C2CN=C3CCCN32)cc1. The van der Waals surface area contributed by atoms with E-state index < -0.39 is 0 Å². The third kappa shape index (κ3) is 1.14. The molecule has 0 spiro atoms. The Labute approximate surface area is 84.3 Å². The minimum Gasteiger partial charge on any atom is -0.351 e. The average molecular weight is 186 g/mol. The highest BCUT2D eigenvalue weighted by atomic mass is 15.3. The molecule has 0 aromatic heterocycles. The van der Waals surface area contributed by atoms with Gasteiger partial charge in [0.25, 0.3) is 0 Å². The number of fused-ring (bicyclic) bond motifs is 1. The first kappa shape index (κ1) is 8.04. The van der Waals surface area contributed by atoms with Crippen LogP contribution >= 0.6 is 0 Å². The number of nitrogens with zero attached hydrogens (tertiary/aromatic N) is 2. The lowest BCUT2D eigenvalue weighted by Gasteiger charge is -2.22. The molecule has 2 heteroatoms. The molecule has 1 saturated heterocycles. The number of hydrogen-bond acceptors (Lipinski definition) is 2. The summed E-state index contributed by atoms with van der Waals surface area (Å²) < 4.78 is 0. The van der Waals surface area contributed by atoms with E-state index >= 15 is 0 Å². The van der Waals surface area contributed by atoms with Gasteiger partial charge in [-0.2, -0.15) is 0 Å². The molecule has 1 aromatic rings. The van der Waals surface area contributed by atoms with Gasteiger partial charge in [-0.15, -0.1) is 0 Å². The fourth-order valence-corrected chi connectivity index (χ4v) is 2.44. The zero-order chi connectivity index (χ0) is 9.38. The molecule has 2 heterocycles. The van der Waals surface area contributed by atoms with Crippen LogP contribution in [0.1, 0.15) is 24.4 Å². The Hall–Kier alpha value is -1.31. The highest BCUT2D eigenvalue weighted by molar-refractivity contribution is 5.86. The molecule has 0 aliphatic carbocycles. The van der Waals surface area contributed by atoms with Gasteiger partial charge in [-0.1, -0.05) is 30.3 Å². The van der Waals surface area contributed by atoms with Crippen LogP contribution in [0.3, 0.4) is 0 Å².